The molecule has 1 N–H and O–H groups in total. The molecular weight excluding hydrogens is 278 g/mol. The monoisotopic (exact) mass is 301 g/mol. The maximum Gasteiger partial charge on any atom is 0.253 e. The van der Waals surface area contributed by atoms with E-state index in [2.05, 4.69) is 19.2 Å². The lowest BCUT2D eigenvalue weighted by Crippen LogP contribution is -2.55. The number of nitrogens with one attached hydrogen (secondary N) is 1. The summed E-state index contributed by atoms with van der Waals surface area (Å²) in [4.78, 5) is 28.0. The van der Waals surface area contributed by atoms with Gasteiger partial charge in [-0.05, 0) is 44.0 Å². The van der Waals surface area contributed by atoms with Crippen LogP contribution in [0.4, 0.5) is 5.69 Å². The Morgan fingerprint density at radius 1 is 1.18 bits per heavy atom. The van der Waals surface area contributed by atoms with Crippen molar-refractivity contribution in [3.8, 4) is 0 Å². The number of fused-ring (bicyclic) bond motifs is 1. The van der Waals surface area contributed by atoms with Gasteiger partial charge < -0.3 is 15.1 Å². The highest BCUT2D eigenvalue weighted by molar-refractivity contribution is 5.98. The average Bonchev–Trinajstić information content (AvgIpc) is 2.88. The van der Waals surface area contributed by atoms with E-state index in [9.17, 15) is 9.59 Å². The quantitative estimate of drug-likeness (QED) is 0.853. The molecule has 1 fully saturated rings. The van der Waals surface area contributed by atoms with Gasteiger partial charge in [0.05, 0.1) is 0 Å². The summed E-state index contributed by atoms with van der Waals surface area (Å²) >= 11 is 0. The first kappa shape index (κ1) is 15.0. The van der Waals surface area contributed by atoms with Crippen molar-refractivity contribution < 1.29 is 9.59 Å². The van der Waals surface area contributed by atoms with Crippen LogP contribution in [0, 0.1) is 0 Å². The van der Waals surface area contributed by atoms with Crippen LogP contribution >= 0.6 is 0 Å². The molecule has 2 aliphatic rings. The third-order valence-electron chi connectivity index (χ3n) is 4.45. The van der Waals surface area contributed by atoms with Crippen LogP contribution < -0.4 is 10.2 Å². The number of anilines is 1. The van der Waals surface area contributed by atoms with Crippen molar-refractivity contribution in [1.82, 2.24) is 10.2 Å². The van der Waals surface area contributed by atoms with Crippen molar-refractivity contribution >= 4 is 17.5 Å². The lowest BCUT2D eigenvalue weighted by atomic mass is 10.1. The number of hydrogen-bond donors (Lipinski definition) is 1. The molecule has 2 aliphatic heterocycles. The summed E-state index contributed by atoms with van der Waals surface area (Å²) in [7, 11) is 0. The molecule has 118 valence electrons. The van der Waals surface area contributed by atoms with Crippen LogP contribution in [0.15, 0.2) is 18.2 Å². The second-order valence-electron chi connectivity index (χ2n) is 6.44. The highest BCUT2D eigenvalue weighted by Crippen LogP contribution is 2.29. The second kappa shape index (κ2) is 5.72. The number of amides is 2. The Balaban J connectivity index is 1.81. The van der Waals surface area contributed by atoms with Gasteiger partial charge in [-0.2, -0.15) is 0 Å². The molecule has 2 atom stereocenters. The first-order valence-electron chi connectivity index (χ1n) is 7.92. The van der Waals surface area contributed by atoms with E-state index in [1.54, 1.807) is 11.8 Å². The van der Waals surface area contributed by atoms with Gasteiger partial charge >= 0.3 is 0 Å². The Hall–Kier alpha value is -1.88. The molecule has 2 heterocycles. The minimum Gasteiger partial charge on any atom is -0.336 e. The molecule has 0 aliphatic carbocycles. The molecule has 0 bridgehead atoms. The number of hydrogen-bond acceptors (Lipinski definition) is 3. The average molecular weight is 301 g/mol. The highest BCUT2D eigenvalue weighted by Gasteiger charge is 2.27. The number of nitrogens with zero attached hydrogens (tertiary/aromatic N) is 2. The first-order chi connectivity index (χ1) is 10.5. The summed E-state index contributed by atoms with van der Waals surface area (Å²) in [6.07, 6.45) is 0.824. The molecule has 1 aromatic carbocycles. The number of piperazine rings is 1. The Labute approximate surface area is 131 Å². The fourth-order valence-corrected chi connectivity index (χ4v) is 3.54. The zero-order valence-electron chi connectivity index (χ0n) is 13.4. The third-order valence-corrected chi connectivity index (χ3v) is 4.45. The van der Waals surface area contributed by atoms with E-state index >= 15 is 0 Å². The lowest BCUT2D eigenvalue weighted by Gasteiger charge is -2.36. The highest BCUT2D eigenvalue weighted by atomic mass is 16.2. The van der Waals surface area contributed by atoms with Gasteiger partial charge in [0.15, 0.2) is 0 Å². The zero-order valence-corrected chi connectivity index (χ0v) is 13.4. The molecule has 5 heteroatoms. The molecule has 0 spiro atoms. The molecule has 1 aromatic rings. The number of rotatable bonds is 1. The predicted molar refractivity (Wildman–Crippen MR) is 86.1 cm³/mol. The van der Waals surface area contributed by atoms with E-state index in [0.29, 0.717) is 18.6 Å². The molecule has 0 radical (unpaired) electrons. The zero-order chi connectivity index (χ0) is 15.9. The van der Waals surface area contributed by atoms with Crippen molar-refractivity contribution in [1.29, 1.82) is 0 Å². The molecule has 2 amide bonds. The Morgan fingerprint density at radius 2 is 1.86 bits per heavy atom. The largest absolute Gasteiger partial charge is 0.336 e. The lowest BCUT2D eigenvalue weighted by molar-refractivity contribution is -0.116. The molecule has 1 saturated heterocycles. The fraction of sp³-hybridized carbons (Fsp3) is 0.529. The maximum atomic E-state index is 12.7. The smallest absolute Gasteiger partial charge is 0.253 e. The van der Waals surface area contributed by atoms with Gasteiger partial charge in [-0.1, -0.05) is 0 Å². The van der Waals surface area contributed by atoms with Crippen molar-refractivity contribution in [2.45, 2.75) is 39.3 Å². The summed E-state index contributed by atoms with van der Waals surface area (Å²) in [5, 5.41) is 3.44. The summed E-state index contributed by atoms with van der Waals surface area (Å²) in [5.74, 6) is 0.145. The third kappa shape index (κ3) is 2.73. The van der Waals surface area contributed by atoms with Crippen molar-refractivity contribution in [2.75, 3.05) is 24.5 Å². The Bertz CT molecular complexity index is 604. The van der Waals surface area contributed by atoms with E-state index in [4.69, 9.17) is 0 Å². The van der Waals surface area contributed by atoms with E-state index < -0.39 is 0 Å². The van der Waals surface area contributed by atoms with Crippen LogP contribution in [-0.4, -0.2) is 48.4 Å². The standard InChI is InChI=1S/C17H23N3O2/c1-11-9-19(10-12(2)18-11)17(22)15-4-5-16-14(8-15)6-7-20(16)13(3)21/h4-5,8,11-12,18H,6-7,9-10H2,1-3H3. The SMILES string of the molecule is CC(=O)N1CCc2cc(C(=O)N3CC(C)NC(C)C3)ccc21. The van der Waals surface area contributed by atoms with Crippen molar-refractivity contribution in [3.63, 3.8) is 0 Å². The van der Waals surface area contributed by atoms with E-state index in [1.165, 1.54) is 0 Å². The molecule has 5 nitrogen and oxygen atoms in total. The van der Waals surface area contributed by atoms with Gasteiger partial charge in [0.2, 0.25) is 5.91 Å². The second-order valence-corrected chi connectivity index (χ2v) is 6.44. The summed E-state index contributed by atoms with van der Waals surface area (Å²) < 4.78 is 0. The summed E-state index contributed by atoms with van der Waals surface area (Å²) in [6, 6.07) is 6.34. The predicted octanol–water partition coefficient (Wildman–Crippen LogP) is 1.42. The van der Waals surface area contributed by atoms with Gasteiger partial charge in [0, 0.05) is 49.9 Å². The van der Waals surface area contributed by atoms with Crippen LogP contribution in [-0.2, 0) is 11.2 Å². The number of carbonyl (C=O) groups is 2. The summed E-state index contributed by atoms with van der Waals surface area (Å²) in [6.45, 7) is 7.97. The van der Waals surface area contributed by atoms with Crippen LogP contribution in [0.5, 0.6) is 0 Å². The fourth-order valence-electron chi connectivity index (χ4n) is 3.54. The molecule has 2 unspecified atom stereocenters. The topological polar surface area (TPSA) is 52.7 Å². The van der Waals surface area contributed by atoms with Crippen molar-refractivity contribution in [3.05, 3.63) is 29.3 Å². The van der Waals surface area contributed by atoms with Gasteiger partial charge in [-0.25, -0.2) is 0 Å². The molecule has 3 rings (SSSR count). The number of benzene rings is 1. The van der Waals surface area contributed by atoms with E-state index in [-0.39, 0.29) is 11.8 Å². The van der Waals surface area contributed by atoms with Gasteiger partial charge in [0.25, 0.3) is 5.91 Å². The van der Waals surface area contributed by atoms with Gasteiger partial charge in [-0.3, -0.25) is 9.59 Å². The molecular formula is C17H23N3O2. The summed E-state index contributed by atoms with van der Waals surface area (Å²) in [5.41, 5.74) is 2.77. The van der Waals surface area contributed by atoms with Crippen LogP contribution in [0.2, 0.25) is 0 Å². The molecule has 22 heavy (non-hydrogen) atoms. The van der Waals surface area contributed by atoms with E-state index in [1.807, 2.05) is 23.1 Å². The molecule has 0 saturated carbocycles. The Kier molecular flexibility index (Phi) is 3.91. The van der Waals surface area contributed by atoms with Gasteiger partial charge in [-0.15, -0.1) is 0 Å². The first-order valence-corrected chi connectivity index (χ1v) is 7.92. The normalized spacial score (nSPS) is 24.3. The minimum absolute atomic E-state index is 0.0579. The van der Waals surface area contributed by atoms with Crippen LogP contribution in [0.25, 0.3) is 0 Å². The van der Waals surface area contributed by atoms with Crippen LogP contribution in [0.1, 0.15) is 36.7 Å². The minimum atomic E-state index is 0.0579. The number of carbonyl (C=O) groups excluding carboxylic acids is 2. The maximum absolute atomic E-state index is 12.7. The van der Waals surface area contributed by atoms with Crippen molar-refractivity contribution in [2.24, 2.45) is 0 Å². The van der Waals surface area contributed by atoms with Gasteiger partial charge in [0.1, 0.15) is 0 Å². The van der Waals surface area contributed by atoms with E-state index in [0.717, 1.165) is 36.3 Å². The van der Waals surface area contributed by atoms with Crippen LogP contribution in [0.3, 0.4) is 0 Å². The Morgan fingerprint density at radius 3 is 2.50 bits per heavy atom. The molecule has 0 aromatic heterocycles.